The molecule has 7 heteroatoms. The summed E-state index contributed by atoms with van der Waals surface area (Å²) in [5.41, 5.74) is 2.42. The first-order valence-corrected chi connectivity index (χ1v) is 8.29. The first-order chi connectivity index (χ1) is 11.1. The standard InChI is InChI=1S/C16H14ClN3O2S/c1-2-15(21)18-9-3-4-10(17)12(7-9)20-16(22)13-8-14-11(19-13)5-6-23-14/h3-8,19H,2H2,1H3,(H,18,21)(H,20,22). The number of carbonyl (C=O) groups excluding carboxylic acids is 2. The second-order valence-electron chi connectivity index (χ2n) is 4.93. The quantitative estimate of drug-likeness (QED) is 0.650. The van der Waals surface area contributed by atoms with Gasteiger partial charge in [0.2, 0.25) is 5.91 Å². The number of aromatic nitrogens is 1. The van der Waals surface area contributed by atoms with Gasteiger partial charge in [0.05, 0.1) is 20.9 Å². The molecular weight excluding hydrogens is 334 g/mol. The molecule has 2 aromatic heterocycles. The van der Waals surface area contributed by atoms with Gasteiger partial charge in [-0.25, -0.2) is 0 Å². The van der Waals surface area contributed by atoms with Crippen molar-refractivity contribution in [1.82, 2.24) is 4.98 Å². The van der Waals surface area contributed by atoms with E-state index >= 15 is 0 Å². The Kier molecular flexibility index (Phi) is 4.36. The van der Waals surface area contributed by atoms with Crippen LogP contribution in [-0.4, -0.2) is 16.8 Å². The molecule has 3 rings (SSSR count). The molecule has 0 aliphatic heterocycles. The van der Waals surface area contributed by atoms with E-state index in [1.54, 1.807) is 42.5 Å². The molecule has 5 nitrogen and oxygen atoms in total. The Morgan fingerprint density at radius 3 is 2.78 bits per heavy atom. The molecule has 0 aliphatic rings. The zero-order valence-electron chi connectivity index (χ0n) is 12.3. The molecule has 2 heterocycles. The molecule has 0 fully saturated rings. The van der Waals surface area contributed by atoms with Crippen LogP contribution in [0.4, 0.5) is 11.4 Å². The maximum absolute atomic E-state index is 12.3. The van der Waals surface area contributed by atoms with Crippen molar-refractivity contribution in [3.63, 3.8) is 0 Å². The fourth-order valence-corrected chi connectivity index (χ4v) is 3.06. The van der Waals surface area contributed by atoms with Gasteiger partial charge in [-0.2, -0.15) is 0 Å². The highest BCUT2D eigenvalue weighted by Gasteiger charge is 2.13. The number of fused-ring (bicyclic) bond motifs is 1. The molecule has 2 amide bonds. The number of amides is 2. The second kappa shape index (κ2) is 6.44. The van der Waals surface area contributed by atoms with Gasteiger partial charge < -0.3 is 15.6 Å². The number of nitrogens with one attached hydrogen (secondary N) is 3. The van der Waals surface area contributed by atoms with Gasteiger partial charge in [-0.05, 0) is 35.7 Å². The van der Waals surface area contributed by atoms with Crippen LogP contribution in [0, 0.1) is 0 Å². The largest absolute Gasteiger partial charge is 0.350 e. The van der Waals surface area contributed by atoms with Crippen molar-refractivity contribution in [3.8, 4) is 0 Å². The van der Waals surface area contributed by atoms with E-state index in [4.69, 9.17) is 11.6 Å². The number of halogens is 1. The van der Waals surface area contributed by atoms with Crippen molar-refractivity contribution in [2.75, 3.05) is 10.6 Å². The number of hydrogen-bond donors (Lipinski definition) is 3. The fraction of sp³-hybridized carbons (Fsp3) is 0.125. The number of carbonyl (C=O) groups is 2. The topological polar surface area (TPSA) is 74.0 Å². The summed E-state index contributed by atoms with van der Waals surface area (Å²) >= 11 is 7.68. The van der Waals surface area contributed by atoms with Crippen LogP contribution in [0.3, 0.4) is 0 Å². The summed E-state index contributed by atoms with van der Waals surface area (Å²) < 4.78 is 1.02. The van der Waals surface area contributed by atoms with E-state index in [1.165, 1.54) is 0 Å². The molecule has 0 unspecified atom stereocenters. The van der Waals surface area contributed by atoms with Gasteiger partial charge >= 0.3 is 0 Å². The van der Waals surface area contributed by atoms with Crippen molar-refractivity contribution in [3.05, 3.63) is 46.4 Å². The maximum Gasteiger partial charge on any atom is 0.272 e. The Balaban J connectivity index is 1.80. The maximum atomic E-state index is 12.3. The number of anilines is 2. The number of rotatable bonds is 4. The minimum Gasteiger partial charge on any atom is -0.350 e. The number of aromatic amines is 1. The average Bonchev–Trinajstić information content (AvgIpc) is 3.12. The van der Waals surface area contributed by atoms with Crippen LogP contribution in [-0.2, 0) is 4.79 Å². The van der Waals surface area contributed by atoms with Crippen molar-refractivity contribution < 1.29 is 9.59 Å². The van der Waals surface area contributed by atoms with E-state index in [9.17, 15) is 9.59 Å². The Morgan fingerprint density at radius 1 is 1.22 bits per heavy atom. The molecule has 0 aliphatic carbocycles. The lowest BCUT2D eigenvalue weighted by atomic mass is 10.2. The van der Waals surface area contributed by atoms with Gasteiger partial charge in [-0.1, -0.05) is 18.5 Å². The molecule has 0 bridgehead atoms. The number of benzene rings is 1. The molecule has 0 spiro atoms. The fourth-order valence-electron chi connectivity index (χ4n) is 2.11. The highest BCUT2D eigenvalue weighted by atomic mass is 35.5. The van der Waals surface area contributed by atoms with Gasteiger partial charge in [0.15, 0.2) is 0 Å². The van der Waals surface area contributed by atoms with Crippen LogP contribution in [0.1, 0.15) is 23.8 Å². The smallest absolute Gasteiger partial charge is 0.272 e. The first-order valence-electron chi connectivity index (χ1n) is 7.04. The summed E-state index contributed by atoms with van der Waals surface area (Å²) in [6, 6.07) is 8.68. The number of thiophene rings is 1. The summed E-state index contributed by atoms with van der Waals surface area (Å²) in [5.74, 6) is -0.386. The normalized spacial score (nSPS) is 10.7. The molecule has 0 saturated carbocycles. The van der Waals surface area contributed by atoms with Crippen molar-refractivity contribution in [2.24, 2.45) is 0 Å². The van der Waals surface area contributed by atoms with E-state index in [-0.39, 0.29) is 11.8 Å². The van der Waals surface area contributed by atoms with Gasteiger partial charge in [-0.3, -0.25) is 9.59 Å². The SMILES string of the molecule is CCC(=O)Nc1ccc(Cl)c(NC(=O)c2cc3sccc3[nH]2)c1. The van der Waals surface area contributed by atoms with E-state index in [2.05, 4.69) is 15.6 Å². The van der Waals surface area contributed by atoms with Crippen LogP contribution >= 0.6 is 22.9 Å². The monoisotopic (exact) mass is 347 g/mol. The summed E-state index contributed by atoms with van der Waals surface area (Å²) in [6.07, 6.45) is 0.379. The second-order valence-corrected chi connectivity index (χ2v) is 6.29. The molecule has 0 atom stereocenters. The van der Waals surface area contributed by atoms with E-state index in [0.29, 0.717) is 28.5 Å². The zero-order chi connectivity index (χ0) is 16.4. The Hall–Kier alpha value is -2.31. The van der Waals surface area contributed by atoms with Gasteiger partial charge in [0.1, 0.15) is 5.69 Å². The lowest BCUT2D eigenvalue weighted by molar-refractivity contribution is -0.115. The Bertz CT molecular complexity index is 856. The summed E-state index contributed by atoms with van der Waals surface area (Å²) in [7, 11) is 0. The van der Waals surface area contributed by atoms with Crippen LogP contribution in [0.5, 0.6) is 0 Å². The molecular formula is C16H14ClN3O2S. The molecule has 0 radical (unpaired) electrons. The van der Waals surface area contributed by atoms with Crippen LogP contribution < -0.4 is 10.6 Å². The van der Waals surface area contributed by atoms with Gasteiger partial charge in [0, 0.05) is 12.1 Å². The Morgan fingerprint density at radius 2 is 2.04 bits per heavy atom. The lowest BCUT2D eigenvalue weighted by Gasteiger charge is -2.09. The van der Waals surface area contributed by atoms with Gasteiger partial charge in [0.25, 0.3) is 5.91 Å². The third-order valence-electron chi connectivity index (χ3n) is 3.30. The van der Waals surface area contributed by atoms with E-state index < -0.39 is 0 Å². The average molecular weight is 348 g/mol. The Labute approximate surface area is 141 Å². The minimum atomic E-state index is -0.283. The summed E-state index contributed by atoms with van der Waals surface area (Å²) in [4.78, 5) is 26.9. The zero-order valence-corrected chi connectivity index (χ0v) is 13.8. The lowest BCUT2D eigenvalue weighted by Crippen LogP contribution is -2.14. The number of H-pyrrole nitrogens is 1. The molecule has 23 heavy (non-hydrogen) atoms. The van der Waals surface area contributed by atoms with Crippen LogP contribution in [0.2, 0.25) is 5.02 Å². The van der Waals surface area contributed by atoms with Crippen LogP contribution in [0.15, 0.2) is 35.7 Å². The third kappa shape index (κ3) is 3.38. The van der Waals surface area contributed by atoms with Crippen molar-refractivity contribution >= 4 is 56.3 Å². The molecule has 0 saturated heterocycles. The van der Waals surface area contributed by atoms with Crippen molar-refractivity contribution in [2.45, 2.75) is 13.3 Å². The molecule has 3 aromatic rings. The predicted octanol–water partition coefficient (Wildman–Crippen LogP) is 4.48. The van der Waals surface area contributed by atoms with E-state index in [0.717, 1.165) is 10.2 Å². The molecule has 3 N–H and O–H groups in total. The van der Waals surface area contributed by atoms with E-state index in [1.807, 2.05) is 11.4 Å². The van der Waals surface area contributed by atoms with Crippen LogP contribution in [0.25, 0.3) is 10.2 Å². The molecule has 118 valence electrons. The highest BCUT2D eigenvalue weighted by Crippen LogP contribution is 2.27. The predicted molar refractivity (Wildman–Crippen MR) is 94.5 cm³/mol. The van der Waals surface area contributed by atoms with Gasteiger partial charge in [-0.15, -0.1) is 11.3 Å². The third-order valence-corrected chi connectivity index (χ3v) is 4.50. The summed E-state index contributed by atoms with van der Waals surface area (Å²) in [6.45, 7) is 1.77. The number of hydrogen-bond acceptors (Lipinski definition) is 3. The first kappa shape index (κ1) is 15.6. The summed E-state index contributed by atoms with van der Waals surface area (Å²) in [5, 5.41) is 7.86. The van der Waals surface area contributed by atoms with Crippen molar-refractivity contribution in [1.29, 1.82) is 0 Å². The molecule has 1 aromatic carbocycles. The minimum absolute atomic E-state index is 0.103. The highest BCUT2D eigenvalue weighted by molar-refractivity contribution is 7.17.